The lowest BCUT2D eigenvalue weighted by Gasteiger charge is -2.34. The zero-order valence-corrected chi connectivity index (χ0v) is 17.6. The molecular formula is C25H29FN2O3. The van der Waals surface area contributed by atoms with Crippen molar-refractivity contribution in [3.63, 3.8) is 0 Å². The van der Waals surface area contributed by atoms with Crippen LogP contribution in [0.2, 0.25) is 0 Å². The molecule has 1 saturated heterocycles. The van der Waals surface area contributed by atoms with E-state index in [-0.39, 0.29) is 24.9 Å². The van der Waals surface area contributed by atoms with Crippen molar-refractivity contribution < 1.29 is 18.7 Å². The number of halogens is 1. The van der Waals surface area contributed by atoms with E-state index in [4.69, 9.17) is 4.74 Å². The number of carbonyl (C=O) groups is 2. The van der Waals surface area contributed by atoms with E-state index in [0.29, 0.717) is 37.8 Å². The molecule has 164 valence electrons. The summed E-state index contributed by atoms with van der Waals surface area (Å²) in [6.45, 7) is 0.885. The number of hydrogen-bond acceptors (Lipinski definition) is 3. The Balaban J connectivity index is 1.15. The summed E-state index contributed by atoms with van der Waals surface area (Å²) in [6, 6.07) is 19.6. The number of carbonyl (C=O) groups excluding carboxylic acids is 2. The summed E-state index contributed by atoms with van der Waals surface area (Å²) in [5, 5.41) is 2.97. The van der Waals surface area contributed by atoms with Gasteiger partial charge in [0.25, 0.3) is 0 Å². The SMILES string of the molecule is O=C(C[C@@H]1C[C@H]1c1ccccc1)NCC1CCN(C(=O)OCc2ccccc2)C(F)C1. The molecule has 2 amide bonds. The van der Waals surface area contributed by atoms with Gasteiger partial charge in [-0.05, 0) is 41.7 Å². The van der Waals surface area contributed by atoms with Crippen LogP contribution in [0.15, 0.2) is 60.7 Å². The maximum Gasteiger partial charge on any atom is 0.412 e. The van der Waals surface area contributed by atoms with Gasteiger partial charge < -0.3 is 10.1 Å². The fourth-order valence-corrected chi connectivity index (χ4v) is 4.33. The molecule has 1 N–H and O–H groups in total. The van der Waals surface area contributed by atoms with Crippen LogP contribution < -0.4 is 5.32 Å². The molecular weight excluding hydrogens is 395 g/mol. The standard InChI is InChI=1S/C25H29FN2O3/c26-23-13-19(11-12-28(23)25(30)31-17-18-7-3-1-4-8-18)16-27-24(29)15-21-14-22(21)20-9-5-2-6-10-20/h1-10,19,21-23H,11-17H2,(H,27,29)/t19?,21-,22-,23?/m0/s1. The quantitative estimate of drug-likeness (QED) is 0.659. The van der Waals surface area contributed by atoms with E-state index in [1.54, 1.807) is 0 Å². The molecule has 1 saturated carbocycles. The lowest BCUT2D eigenvalue weighted by Crippen LogP contribution is -2.46. The Bertz CT molecular complexity index is 877. The van der Waals surface area contributed by atoms with Gasteiger partial charge in [0.15, 0.2) is 6.30 Å². The highest BCUT2D eigenvalue weighted by molar-refractivity contribution is 5.76. The molecule has 2 aromatic rings. The van der Waals surface area contributed by atoms with Crippen molar-refractivity contribution in [2.45, 2.75) is 44.5 Å². The van der Waals surface area contributed by atoms with Crippen LogP contribution in [0.5, 0.6) is 0 Å². The molecule has 2 aliphatic rings. The van der Waals surface area contributed by atoms with E-state index in [0.717, 1.165) is 16.9 Å². The Labute approximate surface area is 182 Å². The number of ether oxygens (including phenoxy) is 1. The van der Waals surface area contributed by atoms with Crippen molar-refractivity contribution in [2.24, 2.45) is 11.8 Å². The highest BCUT2D eigenvalue weighted by atomic mass is 19.1. The number of piperidine rings is 1. The fraction of sp³-hybridized carbons (Fsp3) is 0.440. The van der Waals surface area contributed by atoms with Crippen LogP contribution in [0.25, 0.3) is 0 Å². The van der Waals surface area contributed by atoms with Gasteiger partial charge >= 0.3 is 6.09 Å². The zero-order chi connectivity index (χ0) is 21.6. The van der Waals surface area contributed by atoms with Gasteiger partial charge in [0.1, 0.15) is 6.61 Å². The monoisotopic (exact) mass is 424 g/mol. The van der Waals surface area contributed by atoms with Gasteiger partial charge in [-0.2, -0.15) is 0 Å². The number of amides is 2. The lowest BCUT2D eigenvalue weighted by atomic mass is 9.96. The molecule has 1 aliphatic carbocycles. The van der Waals surface area contributed by atoms with Gasteiger partial charge in [-0.3, -0.25) is 9.69 Å². The molecule has 0 bridgehead atoms. The number of benzene rings is 2. The number of rotatable bonds is 7. The Morgan fingerprint density at radius 2 is 1.74 bits per heavy atom. The van der Waals surface area contributed by atoms with Crippen molar-refractivity contribution in [2.75, 3.05) is 13.1 Å². The summed E-state index contributed by atoms with van der Waals surface area (Å²) in [5.74, 6) is 0.939. The number of hydrogen-bond donors (Lipinski definition) is 1. The molecule has 2 fully saturated rings. The Hall–Kier alpha value is -2.89. The highest BCUT2D eigenvalue weighted by Gasteiger charge is 2.39. The molecule has 4 atom stereocenters. The van der Waals surface area contributed by atoms with Gasteiger partial charge in [-0.25, -0.2) is 9.18 Å². The van der Waals surface area contributed by atoms with Crippen molar-refractivity contribution in [1.82, 2.24) is 10.2 Å². The van der Waals surface area contributed by atoms with Crippen LogP contribution in [0.3, 0.4) is 0 Å². The summed E-state index contributed by atoms with van der Waals surface area (Å²) in [5.41, 5.74) is 2.17. The Morgan fingerprint density at radius 3 is 2.45 bits per heavy atom. The normalized spacial score (nSPS) is 25.0. The van der Waals surface area contributed by atoms with Crippen molar-refractivity contribution >= 4 is 12.0 Å². The van der Waals surface area contributed by atoms with Gasteiger partial charge in [0, 0.05) is 25.9 Å². The van der Waals surface area contributed by atoms with E-state index in [9.17, 15) is 14.0 Å². The molecule has 1 heterocycles. The summed E-state index contributed by atoms with van der Waals surface area (Å²) >= 11 is 0. The first-order valence-corrected chi connectivity index (χ1v) is 11.0. The van der Waals surface area contributed by atoms with Gasteiger partial charge in [0.2, 0.25) is 5.91 Å². The molecule has 0 spiro atoms. The number of nitrogens with one attached hydrogen (secondary N) is 1. The average molecular weight is 425 g/mol. The topological polar surface area (TPSA) is 58.6 Å². The first-order chi connectivity index (χ1) is 15.1. The zero-order valence-electron chi connectivity index (χ0n) is 17.6. The molecule has 31 heavy (non-hydrogen) atoms. The summed E-state index contributed by atoms with van der Waals surface area (Å²) in [4.78, 5) is 25.7. The van der Waals surface area contributed by atoms with Crippen molar-refractivity contribution in [1.29, 1.82) is 0 Å². The smallest absolute Gasteiger partial charge is 0.412 e. The largest absolute Gasteiger partial charge is 0.444 e. The summed E-state index contributed by atoms with van der Waals surface area (Å²) in [7, 11) is 0. The third-order valence-corrected chi connectivity index (χ3v) is 6.27. The number of nitrogens with zero attached hydrogens (tertiary/aromatic N) is 1. The highest BCUT2D eigenvalue weighted by Crippen LogP contribution is 2.49. The van der Waals surface area contributed by atoms with Crippen LogP contribution in [0.4, 0.5) is 9.18 Å². The predicted octanol–water partition coefficient (Wildman–Crippen LogP) is 4.64. The van der Waals surface area contributed by atoms with Crippen molar-refractivity contribution in [3.05, 3.63) is 71.8 Å². The molecule has 1 aliphatic heterocycles. The van der Waals surface area contributed by atoms with Crippen molar-refractivity contribution in [3.8, 4) is 0 Å². The van der Waals surface area contributed by atoms with Crippen LogP contribution in [0, 0.1) is 11.8 Å². The number of likely N-dealkylation sites (tertiary alicyclic amines) is 1. The molecule has 0 radical (unpaired) electrons. The van der Waals surface area contributed by atoms with Crippen LogP contribution in [-0.2, 0) is 16.1 Å². The second-order valence-electron chi connectivity index (χ2n) is 8.58. The minimum absolute atomic E-state index is 0.0289. The molecule has 5 nitrogen and oxygen atoms in total. The van der Waals surface area contributed by atoms with Gasteiger partial charge in [-0.15, -0.1) is 0 Å². The Kier molecular flexibility index (Phi) is 6.85. The average Bonchev–Trinajstić information content (AvgIpc) is 3.56. The molecule has 0 aromatic heterocycles. The second-order valence-corrected chi connectivity index (χ2v) is 8.58. The minimum atomic E-state index is -1.38. The predicted molar refractivity (Wildman–Crippen MR) is 116 cm³/mol. The molecule has 6 heteroatoms. The van der Waals surface area contributed by atoms with E-state index < -0.39 is 12.4 Å². The molecule has 2 aromatic carbocycles. The van der Waals surface area contributed by atoms with E-state index in [2.05, 4.69) is 17.4 Å². The first kappa shape index (κ1) is 21.3. The van der Waals surface area contributed by atoms with Crippen LogP contribution >= 0.6 is 0 Å². The maximum absolute atomic E-state index is 14.6. The number of alkyl halides is 1. The van der Waals surface area contributed by atoms with E-state index in [1.807, 2.05) is 48.5 Å². The lowest BCUT2D eigenvalue weighted by molar-refractivity contribution is -0.121. The molecule has 2 unspecified atom stereocenters. The van der Waals surface area contributed by atoms with E-state index in [1.165, 1.54) is 5.56 Å². The van der Waals surface area contributed by atoms with E-state index >= 15 is 0 Å². The maximum atomic E-state index is 14.6. The fourth-order valence-electron chi connectivity index (χ4n) is 4.33. The summed E-state index contributed by atoms with van der Waals surface area (Å²) in [6.07, 6.45) is 0.425. The van der Waals surface area contributed by atoms with Gasteiger partial charge in [-0.1, -0.05) is 60.7 Å². The minimum Gasteiger partial charge on any atom is -0.444 e. The van der Waals surface area contributed by atoms with Gasteiger partial charge in [0.05, 0.1) is 0 Å². The third-order valence-electron chi connectivity index (χ3n) is 6.27. The first-order valence-electron chi connectivity index (χ1n) is 11.0. The molecule has 4 rings (SSSR count). The van der Waals surface area contributed by atoms with Crippen LogP contribution in [-0.4, -0.2) is 36.3 Å². The third kappa shape index (κ3) is 5.84. The second kappa shape index (κ2) is 9.94. The van der Waals surface area contributed by atoms with Crippen LogP contribution in [0.1, 0.15) is 42.7 Å². The Morgan fingerprint density at radius 1 is 1.03 bits per heavy atom. The summed E-state index contributed by atoms with van der Waals surface area (Å²) < 4.78 is 19.8.